The molecule has 1 aliphatic heterocycles. The molecule has 102 valence electrons. The molecule has 2 aromatic rings. The Kier molecular flexibility index (Phi) is 3.06. The lowest BCUT2D eigenvalue weighted by Crippen LogP contribution is -2.16. The van der Waals surface area contributed by atoms with Crippen molar-refractivity contribution in [1.29, 1.82) is 0 Å². The summed E-state index contributed by atoms with van der Waals surface area (Å²) in [6.45, 7) is 1.44. The maximum absolute atomic E-state index is 11.8. The molecule has 1 N–H and O–H groups in total. The van der Waals surface area contributed by atoms with Crippen molar-refractivity contribution < 1.29 is 13.2 Å². The first-order valence-electron chi connectivity index (χ1n) is 6.32. The number of sulfone groups is 1. The lowest BCUT2D eigenvalue weighted by Gasteiger charge is -2.19. The van der Waals surface area contributed by atoms with Crippen LogP contribution >= 0.6 is 0 Å². The van der Waals surface area contributed by atoms with E-state index >= 15 is 0 Å². The van der Waals surface area contributed by atoms with E-state index in [0.29, 0.717) is 12.1 Å². The average molecular weight is 280 g/mol. The number of nitrogens with one attached hydrogen (secondary N) is 1. The van der Waals surface area contributed by atoms with Crippen LogP contribution in [0, 0.1) is 0 Å². The number of aromatic amines is 1. The van der Waals surface area contributed by atoms with Crippen LogP contribution in [0.2, 0.25) is 0 Å². The first-order chi connectivity index (χ1) is 9.05. The summed E-state index contributed by atoms with van der Waals surface area (Å²) in [7, 11) is -3.26. The molecule has 1 unspecified atom stereocenters. The molecule has 0 radical (unpaired) electrons. The van der Waals surface area contributed by atoms with Gasteiger partial charge in [-0.15, -0.1) is 0 Å². The number of imidazole rings is 1. The Labute approximate surface area is 111 Å². The molecule has 0 amide bonds. The van der Waals surface area contributed by atoms with Gasteiger partial charge in [0.2, 0.25) is 0 Å². The van der Waals surface area contributed by atoms with Crippen molar-refractivity contribution in [2.24, 2.45) is 0 Å². The SMILES string of the molecule is CS(=O)(=O)c1cccc2[nH]c(C3CCCOC3)nc12. The molecule has 0 saturated carbocycles. The highest BCUT2D eigenvalue weighted by Crippen LogP contribution is 2.27. The second-order valence-electron chi connectivity index (χ2n) is 4.96. The zero-order valence-corrected chi connectivity index (χ0v) is 11.5. The van der Waals surface area contributed by atoms with Gasteiger partial charge in [-0.3, -0.25) is 0 Å². The van der Waals surface area contributed by atoms with Crippen LogP contribution in [-0.4, -0.2) is 37.9 Å². The number of benzene rings is 1. The molecule has 3 rings (SSSR count). The van der Waals surface area contributed by atoms with Gasteiger partial charge < -0.3 is 9.72 Å². The summed E-state index contributed by atoms with van der Waals surface area (Å²) < 4.78 is 29.0. The maximum Gasteiger partial charge on any atom is 0.177 e. The van der Waals surface area contributed by atoms with Gasteiger partial charge in [-0.1, -0.05) is 6.07 Å². The molecule has 1 aromatic carbocycles. The number of aromatic nitrogens is 2. The van der Waals surface area contributed by atoms with Crippen LogP contribution in [0.25, 0.3) is 11.0 Å². The Morgan fingerprint density at radius 3 is 2.95 bits per heavy atom. The molecule has 0 bridgehead atoms. The number of ether oxygens (including phenoxy) is 1. The summed E-state index contributed by atoms with van der Waals surface area (Å²) in [6, 6.07) is 5.18. The van der Waals surface area contributed by atoms with Gasteiger partial charge in [-0.2, -0.15) is 0 Å². The van der Waals surface area contributed by atoms with Crippen LogP contribution in [-0.2, 0) is 14.6 Å². The van der Waals surface area contributed by atoms with E-state index in [1.807, 2.05) is 6.07 Å². The number of nitrogens with zero attached hydrogens (tertiary/aromatic N) is 1. The molecule has 1 aliphatic rings. The van der Waals surface area contributed by atoms with E-state index < -0.39 is 9.84 Å². The maximum atomic E-state index is 11.8. The van der Waals surface area contributed by atoms with Crippen molar-refractivity contribution in [1.82, 2.24) is 9.97 Å². The first-order valence-corrected chi connectivity index (χ1v) is 8.21. The molecular weight excluding hydrogens is 264 g/mol. The number of hydrogen-bond acceptors (Lipinski definition) is 4. The van der Waals surface area contributed by atoms with Gasteiger partial charge in [0.1, 0.15) is 11.3 Å². The highest BCUT2D eigenvalue weighted by molar-refractivity contribution is 7.91. The quantitative estimate of drug-likeness (QED) is 0.911. The summed E-state index contributed by atoms with van der Waals surface area (Å²) in [5.41, 5.74) is 1.30. The van der Waals surface area contributed by atoms with Gasteiger partial charge >= 0.3 is 0 Å². The molecule has 6 heteroatoms. The van der Waals surface area contributed by atoms with Crippen molar-refractivity contribution in [2.75, 3.05) is 19.5 Å². The molecule has 1 saturated heterocycles. The molecule has 1 aromatic heterocycles. The minimum atomic E-state index is -3.26. The summed E-state index contributed by atoms with van der Waals surface area (Å²) in [5, 5.41) is 0. The number of fused-ring (bicyclic) bond motifs is 1. The molecule has 1 fully saturated rings. The number of rotatable bonds is 2. The van der Waals surface area contributed by atoms with Crippen molar-refractivity contribution in [3.05, 3.63) is 24.0 Å². The Balaban J connectivity index is 2.10. The van der Waals surface area contributed by atoms with E-state index in [-0.39, 0.29) is 10.8 Å². The van der Waals surface area contributed by atoms with Crippen molar-refractivity contribution >= 4 is 20.9 Å². The Morgan fingerprint density at radius 1 is 1.42 bits per heavy atom. The zero-order valence-electron chi connectivity index (χ0n) is 10.7. The van der Waals surface area contributed by atoms with E-state index in [1.165, 1.54) is 6.26 Å². The standard InChI is InChI=1S/C13H16N2O3S/c1-19(16,17)11-6-2-5-10-12(11)15-13(14-10)9-4-3-7-18-8-9/h2,5-6,9H,3-4,7-8H2,1H3,(H,14,15). The van der Waals surface area contributed by atoms with Gasteiger partial charge in [0, 0.05) is 18.8 Å². The highest BCUT2D eigenvalue weighted by atomic mass is 32.2. The summed E-state index contributed by atoms with van der Waals surface area (Å²) >= 11 is 0. The normalized spacial score (nSPS) is 20.8. The van der Waals surface area contributed by atoms with Gasteiger partial charge in [0.15, 0.2) is 9.84 Å². The predicted molar refractivity (Wildman–Crippen MR) is 72.0 cm³/mol. The van der Waals surface area contributed by atoms with E-state index in [1.54, 1.807) is 12.1 Å². The van der Waals surface area contributed by atoms with Gasteiger partial charge in [-0.05, 0) is 25.0 Å². The fourth-order valence-corrected chi connectivity index (χ4v) is 3.31. The third kappa shape index (κ3) is 2.37. The topological polar surface area (TPSA) is 72.0 Å². The zero-order chi connectivity index (χ0) is 13.5. The molecule has 2 heterocycles. The summed E-state index contributed by atoms with van der Waals surface area (Å²) in [4.78, 5) is 7.99. The lowest BCUT2D eigenvalue weighted by molar-refractivity contribution is 0.0784. The van der Waals surface area contributed by atoms with E-state index in [2.05, 4.69) is 9.97 Å². The molecule has 5 nitrogen and oxygen atoms in total. The van der Waals surface area contributed by atoms with E-state index in [9.17, 15) is 8.42 Å². The smallest absolute Gasteiger partial charge is 0.177 e. The molecule has 0 spiro atoms. The fourth-order valence-electron chi connectivity index (χ4n) is 2.47. The van der Waals surface area contributed by atoms with Gasteiger partial charge in [0.05, 0.1) is 17.0 Å². The monoisotopic (exact) mass is 280 g/mol. The molecular formula is C13H16N2O3S. The second-order valence-corrected chi connectivity index (χ2v) is 6.94. The summed E-state index contributed by atoms with van der Waals surface area (Å²) in [5.74, 6) is 1.05. The lowest BCUT2D eigenvalue weighted by atomic mass is 10.0. The Bertz CT molecular complexity index is 700. The van der Waals surface area contributed by atoms with Crippen LogP contribution in [0.5, 0.6) is 0 Å². The Morgan fingerprint density at radius 2 is 2.26 bits per heavy atom. The van der Waals surface area contributed by atoms with Crippen LogP contribution in [0.3, 0.4) is 0 Å². The largest absolute Gasteiger partial charge is 0.381 e. The van der Waals surface area contributed by atoms with E-state index in [0.717, 1.165) is 30.8 Å². The van der Waals surface area contributed by atoms with Crippen LogP contribution in [0.4, 0.5) is 0 Å². The van der Waals surface area contributed by atoms with E-state index in [4.69, 9.17) is 4.74 Å². The minimum Gasteiger partial charge on any atom is -0.381 e. The second kappa shape index (κ2) is 4.61. The highest BCUT2D eigenvalue weighted by Gasteiger charge is 2.21. The molecule has 19 heavy (non-hydrogen) atoms. The third-order valence-electron chi connectivity index (χ3n) is 3.44. The fraction of sp³-hybridized carbons (Fsp3) is 0.462. The van der Waals surface area contributed by atoms with Crippen LogP contribution < -0.4 is 0 Å². The van der Waals surface area contributed by atoms with Gasteiger partial charge in [0.25, 0.3) is 0 Å². The third-order valence-corrected chi connectivity index (χ3v) is 4.57. The van der Waals surface area contributed by atoms with Crippen molar-refractivity contribution in [2.45, 2.75) is 23.7 Å². The Hall–Kier alpha value is -1.40. The predicted octanol–water partition coefficient (Wildman–Crippen LogP) is 1.86. The van der Waals surface area contributed by atoms with Crippen molar-refractivity contribution in [3.8, 4) is 0 Å². The molecule has 1 atom stereocenters. The number of para-hydroxylation sites is 1. The van der Waals surface area contributed by atoms with Crippen LogP contribution in [0.15, 0.2) is 23.1 Å². The first kappa shape index (κ1) is 12.6. The van der Waals surface area contributed by atoms with Gasteiger partial charge in [-0.25, -0.2) is 13.4 Å². The number of hydrogen-bond donors (Lipinski definition) is 1. The minimum absolute atomic E-state index is 0.230. The van der Waals surface area contributed by atoms with Crippen LogP contribution in [0.1, 0.15) is 24.6 Å². The molecule has 0 aliphatic carbocycles. The summed E-state index contributed by atoms with van der Waals surface area (Å²) in [6.07, 6.45) is 3.24. The van der Waals surface area contributed by atoms with Crippen molar-refractivity contribution in [3.63, 3.8) is 0 Å². The average Bonchev–Trinajstić information content (AvgIpc) is 2.82. The number of H-pyrrole nitrogens is 1.